The molecule has 2 N–H and O–H groups in total. The second kappa shape index (κ2) is 6.57. The van der Waals surface area contributed by atoms with E-state index in [1.807, 2.05) is 0 Å². The third-order valence-electron chi connectivity index (χ3n) is 3.52. The minimum absolute atomic E-state index is 0.183. The first-order valence-electron chi connectivity index (χ1n) is 7.14. The molecule has 0 amide bonds. The fourth-order valence-corrected chi connectivity index (χ4v) is 3.33. The molecule has 0 atom stereocenters. The van der Waals surface area contributed by atoms with Gasteiger partial charge in [-0.25, -0.2) is 0 Å². The zero-order valence-corrected chi connectivity index (χ0v) is 14.6. The van der Waals surface area contributed by atoms with Crippen LogP contribution >= 0.6 is 0 Å². The summed E-state index contributed by atoms with van der Waals surface area (Å²) in [6.45, 7) is 0. The van der Waals surface area contributed by atoms with Gasteiger partial charge in [0, 0.05) is 5.39 Å². The Morgan fingerprint density at radius 3 is 2.04 bits per heavy atom. The predicted octanol–water partition coefficient (Wildman–Crippen LogP) is 3.75. The van der Waals surface area contributed by atoms with E-state index in [0.717, 1.165) is 6.07 Å². The highest BCUT2D eigenvalue weighted by Gasteiger charge is 2.12. The molecule has 3 aromatic carbocycles. The Kier molecular flexibility index (Phi) is 4.59. The maximum Gasteiger partial charge on any atom is 0.294 e. The lowest BCUT2D eigenvalue weighted by molar-refractivity contribution is 0.481. The predicted molar refractivity (Wildman–Crippen MR) is 94.2 cm³/mol. The van der Waals surface area contributed by atoms with Crippen molar-refractivity contribution in [3.05, 3.63) is 60.7 Å². The van der Waals surface area contributed by atoms with E-state index in [1.54, 1.807) is 18.2 Å². The summed E-state index contributed by atoms with van der Waals surface area (Å²) >= 11 is 0. The fourth-order valence-electron chi connectivity index (χ4n) is 2.30. The molecule has 0 radical (unpaired) electrons. The van der Waals surface area contributed by atoms with E-state index < -0.39 is 20.2 Å². The van der Waals surface area contributed by atoms with Crippen LogP contribution in [-0.4, -0.2) is 25.9 Å². The van der Waals surface area contributed by atoms with Crippen LogP contribution in [-0.2, 0) is 20.2 Å². The lowest BCUT2D eigenvalue weighted by atomic mass is 10.1. The number of benzene rings is 3. The third-order valence-corrected chi connectivity index (χ3v) is 5.22. The Hall–Kier alpha value is -2.66. The van der Waals surface area contributed by atoms with E-state index in [2.05, 4.69) is 10.2 Å². The van der Waals surface area contributed by atoms with Crippen LogP contribution in [0.15, 0.2) is 80.7 Å². The van der Waals surface area contributed by atoms with Gasteiger partial charge in [-0.2, -0.15) is 21.9 Å². The summed E-state index contributed by atoms with van der Waals surface area (Å²) in [5.74, 6) is 0. The molecule has 26 heavy (non-hydrogen) atoms. The van der Waals surface area contributed by atoms with E-state index in [0.29, 0.717) is 16.5 Å². The maximum atomic E-state index is 11.3. The minimum Gasteiger partial charge on any atom is -0.282 e. The van der Waals surface area contributed by atoms with Crippen molar-refractivity contribution in [1.29, 1.82) is 0 Å². The Balaban J connectivity index is 2.07. The first kappa shape index (κ1) is 18.1. The number of hydrogen-bond acceptors (Lipinski definition) is 6. The highest BCUT2D eigenvalue weighted by atomic mass is 32.2. The molecule has 0 aliphatic heterocycles. The number of rotatable bonds is 4. The Morgan fingerprint density at radius 2 is 1.35 bits per heavy atom. The monoisotopic (exact) mass is 392 g/mol. The van der Waals surface area contributed by atoms with Gasteiger partial charge < -0.3 is 0 Å². The van der Waals surface area contributed by atoms with Gasteiger partial charge in [0.25, 0.3) is 20.2 Å². The van der Waals surface area contributed by atoms with Crippen LogP contribution in [0.25, 0.3) is 10.8 Å². The molecule has 0 heterocycles. The summed E-state index contributed by atoms with van der Waals surface area (Å²) < 4.78 is 63.2. The number of nitrogens with zero attached hydrogens (tertiary/aromatic N) is 2. The van der Waals surface area contributed by atoms with Crippen LogP contribution in [0.5, 0.6) is 0 Å². The van der Waals surface area contributed by atoms with Crippen molar-refractivity contribution < 1.29 is 25.9 Å². The quantitative estimate of drug-likeness (QED) is 0.513. The number of fused-ring (bicyclic) bond motifs is 1. The van der Waals surface area contributed by atoms with Crippen LogP contribution in [0, 0.1) is 0 Å². The molecule has 3 rings (SSSR count). The van der Waals surface area contributed by atoms with Crippen molar-refractivity contribution in [1.82, 2.24) is 0 Å². The zero-order valence-electron chi connectivity index (χ0n) is 13.0. The second-order valence-corrected chi connectivity index (χ2v) is 8.15. The van der Waals surface area contributed by atoms with Gasteiger partial charge in [0.2, 0.25) is 0 Å². The molecule has 3 aromatic rings. The van der Waals surface area contributed by atoms with E-state index >= 15 is 0 Å². The van der Waals surface area contributed by atoms with Crippen molar-refractivity contribution in [2.75, 3.05) is 0 Å². The molecule has 0 saturated heterocycles. The summed E-state index contributed by atoms with van der Waals surface area (Å²) in [5.41, 5.74) is 0.508. The van der Waals surface area contributed by atoms with E-state index in [-0.39, 0.29) is 15.5 Å². The van der Waals surface area contributed by atoms with Crippen molar-refractivity contribution >= 4 is 42.4 Å². The van der Waals surface area contributed by atoms with E-state index in [1.165, 1.54) is 36.4 Å². The fraction of sp³-hybridized carbons (Fsp3) is 0. The average molecular weight is 392 g/mol. The zero-order chi connectivity index (χ0) is 18.9. The molecular formula is C16H12N2O6S2. The van der Waals surface area contributed by atoms with Gasteiger partial charge in [0.05, 0.1) is 21.2 Å². The summed E-state index contributed by atoms with van der Waals surface area (Å²) in [4.78, 5) is -0.596. The SMILES string of the molecule is O=S(=O)(O)c1cccc(N=Nc2cccc3ccc(S(=O)(=O)O)cc23)c1. The molecule has 0 aliphatic carbocycles. The lowest BCUT2D eigenvalue weighted by Crippen LogP contribution is -1.97. The van der Waals surface area contributed by atoms with Gasteiger partial charge in [0.1, 0.15) is 0 Å². The molecule has 0 unspecified atom stereocenters. The van der Waals surface area contributed by atoms with Crippen LogP contribution < -0.4 is 0 Å². The summed E-state index contributed by atoms with van der Waals surface area (Å²) in [6, 6.07) is 14.3. The maximum absolute atomic E-state index is 11.3. The molecule has 0 saturated carbocycles. The van der Waals surface area contributed by atoms with Crippen LogP contribution in [0.4, 0.5) is 11.4 Å². The van der Waals surface area contributed by atoms with E-state index in [9.17, 15) is 21.4 Å². The molecule has 0 spiro atoms. The van der Waals surface area contributed by atoms with Crippen molar-refractivity contribution in [3.8, 4) is 0 Å². The molecule has 0 fully saturated rings. The smallest absolute Gasteiger partial charge is 0.282 e. The molecule has 0 bridgehead atoms. The van der Waals surface area contributed by atoms with Crippen LogP contribution in [0.1, 0.15) is 0 Å². The Bertz CT molecular complexity index is 1230. The van der Waals surface area contributed by atoms with E-state index in [4.69, 9.17) is 4.55 Å². The highest BCUT2D eigenvalue weighted by molar-refractivity contribution is 7.86. The van der Waals surface area contributed by atoms with Crippen LogP contribution in [0.3, 0.4) is 0 Å². The Labute approximate surface area is 149 Å². The van der Waals surface area contributed by atoms with Crippen LogP contribution in [0.2, 0.25) is 0 Å². The minimum atomic E-state index is -4.37. The van der Waals surface area contributed by atoms with Gasteiger partial charge in [-0.05, 0) is 41.8 Å². The lowest BCUT2D eigenvalue weighted by Gasteiger charge is -2.04. The van der Waals surface area contributed by atoms with Gasteiger partial charge in [-0.1, -0.05) is 24.3 Å². The topological polar surface area (TPSA) is 133 Å². The standard InChI is InChI=1S/C16H12N2O6S2/c19-25(20,21)13-5-2-4-12(9-13)17-18-16-6-1-3-11-7-8-14(10-15(11)16)26(22,23)24/h1-10H,(H,19,20,21)(H,22,23,24). The highest BCUT2D eigenvalue weighted by Crippen LogP contribution is 2.30. The summed E-state index contributed by atoms with van der Waals surface area (Å²) in [6.07, 6.45) is 0. The molecule has 134 valence electrons. The second-order valence-electron chi connectivity index (χ2n) is 5.31. The third kappa shape index (κ3) is 3.94. The summed E-state index contributed by atoms with van der Waals surface area (Å²) in [5, 5.41) is 9.08. The first-order chi connectivity index (χ1) is 12.1. The molecular weight excluding hydrogens is 380 g/mol. The molecule has 10 heteroatoms. The van der Waals surface area contributed by atoms with Crippen molar-refractivity contribution in [2.24, 2.45) is 10.2 Å². The molecule has 0 aliphatic rings. The average Bonchev–Trinajstić information content (AvgIpc) is 2.58. The largest absolute Gasteiger partial charge is 0.294 e. The van der Waals surface area contributed by atoms with Gasteiger partial charge in [-0.15, -0.1) is 5.11 Å². The Morgan fingerprint density at radius 1 is 0.692 bits per heavy atom. The van der Waals surface area contributed by atoms with Crippen molar-refractivity contribution in [3.63, 3.8) is 0 Å². The first-order valence-corrected chi connectivity index (χ1v) is 10.0. The number of hydrogen-bond donors (Lipinski definition) is 2. The molecule has 0 aromatic heterocycles. The molecule has 8 nitrogen and oxygen atoms in total. The van der Waals surface area contributed by atoms with Gasteiger partial charge >= 0.3 is 0 Å². The summed E-state index contributed by atoms with van der Waals surface area (Å²) in [7, 11) is -8.73. The van der Waals surface area contributed by atoms with Gasteiger partial charge in [0.15, 0.2) is 0 Å². The van der Waals surface area contributed by atoms with Crippen molar-refractivity contribution in [2.45, 2.75) is 9.79 Å². The normalized spacial score (nSPS) is 12.7. The number of azo groups is 1. The van der Waals surface area contributed by atoms with Gasteiger partial charge in [-0.3, -0.25) is 9.11 Å².